The summed E-state index contributed by atoms with van der Waals surface area (Å²) in [4.78, 5) is 12.7. The van der Waals surface area contributed by atoms with Gasteiger partial charge in [-0.2, -0.15) is 4.52 Å². The van der Waals surface area contributed by atoms with E-state index in [0.29, 0.717) is 5.65 Å². The minimum absolute atomic E-state index is 0.645. The Bertz CT molecular complexity index is 1580. The van der Waals surface area contributed by atoms with Crippen molar-refractivity contribution in [2.45, 2.75) is 0 Å². The number of aliphatic imine (C=N–C) groups is 1. The highest BCUT2D eigenvalue weighted by molar-refractivity contribution is 5.97. The zero-order chi connectivity index (χ0) is 21.5. The summed E-state index contributed by atoms with van der Waals surface area (Å²) >= 11 is 0. The number of pyridine rings is 1. The van der Waals surface area contributed by atoms with Gasteiger partial charge >= 0.3 is 0 Å². The van der Waals surface area contributed by atoms with Crippen LogP contribution in [0.4, 0.5) is 5.69 Å². The average Bonchev–Trinajstić information content (AvgIpc) is 3.50. The van der Waals surface area contributed by atoms with Crippen LogP contribution < -0.4 is 4.74 Å². The van der Waals surface area contributed by atoms with Gasteiger partial charge in [0, 0.05) is 22.7 Å². The summed E-state index contributed by atoms with van der Waals surface area (Å²) in [5.74, 6) is 1.61. The lowest BCUT2D eigenvalue weighted by molar-refractivity contribution is 0.415. The smallest absolute Gasteiger partial charge is 0.188 e. The van der Waals surface area contributed by atoms with Crippen LogP contribution >= 0.6 is 0 Å². The molecule has 0 atom stereocenters. The van der Waals surface area contributed by atoms with E-state index >= 15 is 0 Å². The Morgan fingerprint density at radius 3 is 2.72 bits per heavy atom. The monoisotopic (exact) mass is 419 g/mol. The number of methoxy groups -OCH3 is 1. The van der Waals surface area contributed by atoms with Gasteiger partial charge in [0.25, 0.3) is 0 Å². The summed E-state index contributed by atoms with van der Waals surface area (Å²) in [5.41, 5.74) is 6.11. The lowest BCUT2D eigenvalue weighted by Gasteiger charge is -2.05. The quantitative estimate of drug-likeness (QED) is 0.422. The molecule has 0 amide bonds. The molecule has 0 unspecified atom stereocenters. The number of hydrogen-bond donors (Lipinski definition) is 1. The Morgan fingerprint density at radius 2 is 1.88 bits per heavy atom. The second-order valence-electron chi connectivity index (χ2n) is 7.35. The number of para-hydroxylation sites is 2. The minimum atomic E-state index is 0.645. The normalized spacial score (nSPS) is 11.8. The van der Waals surface area contributed by atoms with Crippen molar-refractivity contribution in [3.05, 3.63) is 78.4 Å². The van der Waals surface area contributed by atoms with E-state index in [1.54, 1.807) is 17.8 Å². The number of benzene rings is 3. The van der Waals surface area contributed by atoms with E-state index in [2.05, 4.69) is 31.6 Å². The largest absolute Gasteiger partial charge is 0.497 e. The summed E-state index contributed by atoms with van der Waals surface area (Å²) in [6.07, 6.45) is 1.78. The molecule has 8 nitrogen and oxygen atoms in total. The first-order chi connectivity index (χ1) is 15.8. The van der Waals surface area contributed by atoms with Gasteiger partial charge in [0.1, 0.15) is 11.6 Å². The molecule has 0 fully saturated rings. The molecule has 0 radical (unpaired) electrons. The maximum Gasteiger partial charge on any atom is 0.188 e. The van der Waals surface area contributed by atoms with Crippen molar-refractivity contribution in [2.75, 3.05) is 7.11 Å². The zero-order valence-corrected chi connectivity index (χ0v) is 17.1. The third-order valence-electron chi connectivity index (χ3n) is 5.38. The average molecular weight is 419 g/mol. The number of nitrogens with one attached hydrogen (secondary N) is 1. The van der Waals surface area contributed by atoms with Crippen LogP contribution in [0.5, 0.6) is 5.75 Å². The Hall–Kier alpha value is -4.59. The summed E-state index contributed by atoms with van der Waals surface area (Å²) in [6, 6.07) is 23.7. The molecule has 0 aliphatic rings. The number of fused-ring (bicyclic) bond motifs is 4. The number of H-pyrrole nitrogens is 1. The number of ether oxygens (including phenoxy) is 1. The van der Waals surface area contributed by atoms with E-state index in [1.807, 2.05) is 66.7 Å². The molecule has 1 N–H and O–H groups in total. The fraction of sp³-hybridized carbons (Fsp3) is 0.0417. The summed E-state index contributed by atoms with van der Waals surface area (Å²) in [6.45, 7) is 0. The predicted octanol–water partition coefficient (Wildman–Crippen LogP) is 4.58. The molecule has 154 valence electrons. The van der Waals surface area contributed by atoms with Gasteiger partial charge < -0.3 is 9.72 Å². The predicted molar refractivity (Wildman–Crippen MR) is 124 cm³/mol. The van der Waals surface area contributed by atoms with Crippen molar-refractivity contribution < 1.29 is 4.74 Å². The molecular weight excluding hydrogens is 402 g/mol. The van der Waals surface area contributed by atoms with Crippen LogP contribution in [0, 0.1) is 0 Å². The second-order valence-corrected chi connectivity index (χ2v) is 7.35. The number of hydrogen-bond acceptors (Lipinski definition) is 6. The number of tetrazole rings is 1. The maximum absolute atomic E-state index is 5.20. The second kappa shape index (κ2) is 7.28. The first-order valence-corrected chi connectivity index (χ1v) is 10.1. The van der Waals surface area contributed by atoms with E-state index in [4.69, 9.17) is 9.72 Å². The standard InChI is InChI=1S/C24H17N7O/c1-32-19-9-7-18(8-10-19)25-14-17-13-16-12-15(6-11-22(16)31-24(17)28-29-30-31)23-26-20-4-2-3-5-21(20)27-23/h2-14H,1H3,(H,26,27). The van der Waals surface area contributed by atoms with Gasteiger partial charge in [0.2, 0.25) is 0 Å². The summed E-state index contributed by atoms with van der Waals surface area (Å²) in [7, 11) is 1.64. The summed E-state index contributed by atoms with van der Waals surface area (Å²) in [5, 5.41) is 13.2. The molecule has 6 rings (SSSR count). The highest BCUT2D eigenvalue weighted by Gasteiger charge is 2.11. The molecule has 0 saturated carbocycles. The molecule has 0 bridgehead atoms. The topological polar surface area (TPSA) is 93.4 Å². The number of nitrogens with zero attached hydrogens (tertiary/aromatic N) is 6. The van der Waals surface area contributed by atoms with E-state index in [-0.39, 0.29) is 0 Å². The van der Waals surface area contributed by atoms with Crippen molar-refractivity contribution in [1.29, 1.82) is 0 Å². The fourth-order valence-corrected chi connectivity index (χ4v) is 3.77. The number of aromatic nitrogens is 6. The first kappa shape index (κ1) is 18.2. The minimum Gasteiger partial charge on any atom is -0.497 e. The molecule has 8 heteroatoms. The van der Waals surface area contributed by atoms with E-state index < -0.39 is 0 Å². The molecule has 0 aliphatic carbocycles. The van der Waals surface area contributed by atoms with Crippen LogP contribution in [0.15, 0.2) is 77.8 Å². The van der Waals surface area contributed by atoms with Crippen molar-refractivity contribution in [3.8, 4) is 17.1 Å². The molecule has 0 saturated heterocycles. The maximum atomic E-state index is 5.20. The number of imidazole rings is 1. The van der Waals surface area contributed by atoms with Gasteiger partial charge in [-0.15, -0.1) is 5.10 Å². The van der Waals surface area contributed by atoms with Gasteiger partial charge in [-0.25, -0.2) is 4.98 Å². The molecule has 0 spiro atoms. The van der Waals surface area contributed by atoms with Gasteiger partial charge in [-0.3, -0.25) is 4.99 Å². The van der Waals surface area contributed by atoms with Gasteiger partial charge in [-0.1, -0.05) is 12.1 Å². The Labute approximate surface area is 182 Å². The van der Waals surface area contributed by atoms with Crippen LogP contribution in [0.2, 0.25) is 0 Å². The van der Waals surface area contributed by atoms with Crippen molar-refractivity contribution in [3.63, 3.8) is 0 Å². The number of aromatic amines is 1. The van der Waals surface area contributed by atoms with Crippen LogP contribution in [0.1, 0.15) is 5.56 Å². The Balaban J connectivity index is 1.46. The molecule has 0 aliphatic heterocycles. The zero-order valence-electron chi connectivity index (χ0n) is 17.1. The van der Waals surface area contributed by atoms with Crippen LogP contribution in [0.3, 0.4) is 0 Å². The SMILES string of the molecule is COc1ccc(N=Cc2cc3cc(-c4nc5ccccc5[nH]4)ccc3n3nnnc23)cc1. The highest BCUT2D eigenvalue weighted by atomic mass is 16.5. The van der Waals surface area contributed by atoms with Gasteiger partial charge in [0.15, 0.2) is 5.65 Å². The first-order valence-electron chi connectivity index (χ1n) is 10.1. The molecule has 32 heavy (non-hydrogen) atoms. The Morgan fingerprint density at radius 1 is 1.00 bits per heavy atom. The van der Waals surface area contributed by atoms with E-state index in [0.717, 1.165) is 50.3 Å². The van der Waals surface area contributed by atoms with Gasteiger partial charge in [0.05, 0.1) is 29.3 Å². The Kier molecular flexibility index (Phi) is 4.14. The molecule has 3 aromatic heterocycles. The lowest BCUT2D eigenvalue weighted by Crippen LogP contribution is -1.96. The van der Waals surface area contributed by atoms with Crippen molar-refractivity contribution in [1.82, 2.24) is 30.0 Å². The van der Waals surface area contributed by atoms with Crippen LogP contribution in [0.25, 0.3) is 39.0 Å². The van der Waals surface area contributed by atoms with E-state index in [9.17, 15) is 0 Å². The fourth-order valence-electron chi connectivity index (χ4n) is 3.77. The van der Waals surface area contributed by atoms with Crippen molar-refractivity contribution >= 4 is 39.5 Å². The third kappa shape index (κ3) is 3.05. The molecule has 6 aromatic rings. The molecule has 3 aromatic carbocycles. The van der Waals surface area contributed by atoms with Crippen LogP contribution in [-0.2, 0) is 0 Å². The van der Waals surface area contributed by atoms with Gasteiger partial charge in [-0.05, 0) is 71.1 Å². The third-order valence-corrected chi connectivity index (χ3v) is 5.38. The number of rotatable bonds is 4. The van der Waals surface area contributed by atoms with E-state index in [1.165, 1.54) is 0 Å². The molecular formula is C24H17N7O. The van der Waals surface area contributed by atoms with Crippen LogP contribution in [-0.4, -0.2) is 43.3 Å². The lowest BCUT2D eigenvalue weighted by atomic mass is 10.1. The molecule has 3 heterocycles. The summed E-state index contributed by atoms with van der Waals surface area (Å²) < 4.78 is 6.93. The van der Waals surface area contributed by atoms with Crippen molar-refractivity contribution in [2.24, 2.45) is 4.99 Å². The highest BCUT2D eigenvalue weighted by Crippen LogP contribution is 2.26.